The molecule has 2 aromatic carbocycles. The van der Waals surface area contributed by atoms with Gasteiger partial charge in [0.2, 0.25) is 0 Å². The highest BCUT2D eigenvalue weighted by Gasteiger charge is 2.10. The Bertz CT molecular complexity index is 749. The summed E-state index contributed by atoms with van der Waals surface area (Å²) in [7, 11) is 0. The Morgan fingerprint density at radius 2 is 1.96 bits per heavy atom. The van der Waals surface area contributed by atoms with E-state index in [1.54, 1.807) is 30.3 Å². The molecule has 8 heteroatoms. The average Bonchev–Trinajstić information content (AvgIpc) is 2.54. The lowest BCUT2D eigenvalue weighted by atomic mass is 10.2. The van der Waals surface area contributed by atoms with Crippen molar-refractivity contribution in [3.05, 3.63) is 68.7 Å². The third-order valence-electron chi connectivity index (χ3n) is 2.72. The number of hydrazone groups is 1. The zero-order valence-electron chi connectivity index (χ0n) is 11.8. The van der Waals surface area contributed by atoms with Crippen molar-refractivity contribution in [2.45, 2.75) is 0 Å². The second kappa shape index (κ2) is 8.04. The van der Waals surface area contributed by atoms with Gasteiger partial charge in [-0.05, 0) is 34.1 Å². The Labute approximate surface area is 140 Å². The fraction of sp³-hybridized carbons (Fsp3) is 0.0667. The summed E-state index contributed by atoms with van der Waals surface area (Å²) in [6.45, 7) is -0.225. The summed E-state index contributed by atoms with van der Waals surface area (Å²) in [6.07, 6.45) is 1.22. The molecule has 0 bridgehead atoms. The molecule has 0 radical (unpaired) electrons. The SMILES string of the molecule is O=C(COc1ccccc1Br)N/N=C/c1ccccc1[N+](=O)[O-]. The smallest absolute Gasteiger partial charge is 0.278 e. The molecule has 0 atom stereocenters. The highest BCUT2D eigenvalue weighted by atomic mass is 79.9. The lowest BCUT2D eigenvalue weighted by Crippen LogP contribution is -2.24. The van der Waals surface area contributed by atoms with Crippen LogP contribution >= 0.6 is 15.9 Å². The molecule has 0 saturated carbocycles. The van der Waals surface area contributed by atoms with Crippen molar-refractivity contribution in [1.29, 1.82) is 0 Å². The maximum atomic E-state index is 11.6. The normalized spacial score (nSPS) is 10.5. The van der Waals surface area contributed by atoms with Gasteiger partial charge >= 0.3 is 0 Å². The minimum atomic E-state index is -0.515. The first-order valence-corrected chi connectivity index (χ1v) is 7.30. The van der Waals surface area contributed by atoms with Crippen molar-refractivity contribution in [2.24, 2.45) is 5.10 Å². The predicted molar refractivity (Wildman–Crippen MR) is 88.5 cm³/mol. The van der Waals surface area contributed by atoms with Gasteiger partial charge in [-0.1, -0.05) is 24.3 Å². The van der Waals surface area contributed by atoms with Crippen LogP contribution in [-0.4, -0.2) is 23.7 Å². The number of rotatable bonds is 6. The van der Waals surface area contributed by atoms with Crippen LogP contribution in [0.5, 0.6) is 5.75 Å². The maximum absolute atomic E-state index is 11.6. The number of ether oxygens (including phenoxy) is 1. The molecule has 23 heavy (non-hydrogen) atoms. The van der Waals surface area contributed by atoms with Gasteiger partial charge in [-0.15, -0.1) is 0 Å². The monoisotopic (exact) mass is 377 g/mol. The minimum absolute atomic E-state index is 0.0880. The summed E-state index contributed by atoms with van der Waals surface area (Å²) in [5.74, 6) is 0.0564. The van der Waals surface area contributed by atoms with Crippen LogP contribution < -0.4 is 10.2 Å². The van der Waals surface area contributed by atoms with Crippen LogP contribution in [0.25, 0.3) is 0 Å². The topological polar surface area (TPSA) is 93.8 Å². The largest absolute Gasteiger partial charge is 0.483 e. The molecule has 1 amide bonds. The van der Waals surface area contributed by atoms with Gasteiger partial charge < -0.3 is 4.74 Å². The second-order valence-electron chi connectivity index (χ2n) is 4.33. The van der Waals surface area contributed by atoms with Crippen molar-refractivity contribution in [2.75, 3.05) is 6.61 Å². The van der Waals surface area contributed by atoms with Crippen LogP contribution in [-0.2, 0) is 4.79 Å². The van der Waals surface area contributed by atoms with Gasteiger partial charge in [-0.3, -0.25) is 14.9 Å². The van der Waals surface area contributed by atoms with E-state index < -0.39 is 10.8 Å². The molecule has 0 spiro atoms. The van der Waals surface area contributed by atoms with E-state index in [4.69, 9.17) is 4.74 Å². The Hall–Kier alpha value is -2.74. The number of amides is 1. The van der Waals surface area contributed by atoms with Gasteiger partial charge in [-0.25, -0.2) is 5.43 Å². The summed E-state index contributed by atoms with van der Waals surface area (Å²) in [5.41, 5.74) is 2.46. The number of nitrogens with zero attached hydrogens (tertiary/aromatic N) is 2. The second-order valence-corrected chi connectivity index (χ2v) is 5.18. The molecular formula is C15H12BrN3O4. The molecule has 0 heterocycles. The highest BCUT2D eigenvalue weighted by molar-refractivity contribution is 9.10. The van der Waals surface area contributed by atoms with Gasteiger partial charge in [0.25, 0.3) is 11.6 Å². The summed E-state index contributed by atoms with van der Waals surface area (Å²) >= 11 is 3.30. The number of benzene rings is 2. The average molecular weight is 378 g/mol. The van der Waals surface area contributed by atoms with Crippen LogP contribution in [0.3, 0.4) is 0 Å². The van der Waals surface area contributed by atoms with Gasteiger partial charge in [0.05, 0.1) is 21.2 Å². The molecule has 2 aromatic rings. The third-order valence-corrected chi connectivity index (χ3v) is 3.38. The number of nitro benzene ring substituents is 1. The molecule has 0 aliphatic carbocycles. The van der Waals surface area contributed by atoms with Gasteiger partial charge in [-0.2, -0.15) is 5.10 Å². The fourth-order valence-corrected chi connectivity index (χ4v) is 2.07. The van der Waals surface area contributed by atoms with Crippen LogP contribution in [0.1, 0.15) is 5.56 Å². The first-order valence-electron chi connectivity index (χ1n) is 6.50. The number of carbonyl (C=O) groups is 1. The summed E-state index contributed by atoms with van der Waals surface area (Å²) in [5, 5.41) is 14.5. The van der Waals surface area contributed by atoms with Crippen molar-refractivity contribution < 1.29 is 14.5 Å². The van der Waals surface area contributed by atoms with E-state index in [0.717, 1.165) is 4.47 Å². The van der Waals surface area contributed by atoms with E-state index >= 15 is 0 Å². The lowest BCUT2D eigenvalue weighted by Gasteiger charge is -2.06. The molecule has 0 aromatic heterocycles. The molecule has 2 rings (SSSR count). The van der Waals surface area contributed by atoms with Gasteiger partial charge in [0.15, 0.2) is 6.61 Å². The Kier molecular flexibility index (Phi) is 5.81. The molecule has 0 saturated heterocycles. The van der Waals surface area contributed by atoms with E-state index in [1.165, 1.54) is 18.3 Å². The molecular weight excluding hydrogens is 366 g/mol. The van der Waals surface area contributed by atoms with Crippen LogP contribution in [0.15, 0.2) is 58.1 Å². The number of nitro groups is 1. The quantitative estimate of drug-likeness (QED) is 0.475. The Balaban J connectivity index is 1.90. The number of halogens is 1. The van der Waals surface area contributed by atoms with Crippen LogP contribution in [0, 0.1) is 10.1 Å². The van der Waals surface area contributed by atoms with E-state index in [2.05, 4.69) is 26.5 Å². The number of nitrogens with one attached hydrogen (secondary N) is 1. The van der Waals surface area contributed by atoms with Crippen LogP contribution in [0.2, 0.25) is 0 Å². The summed E-state index contributed by atoms with van der Waals surface area (Å²) in [4.78, 5) is 22.0. The lowest BCUT2D eigenvalue weighted by molar-refractivity contribution is -0.385. The number of para-hydroxylation sites is 2. The Morgan fingerprint density at radius 3 is 2.70 bits per heavy atom. The van der Waals surface area contributed by atoms with Crippen molar-refractivity contribution in [3.8, 4) is 5.75 Å². The molecule has 0 unspecified atom stereocenters. The molecule has 118 valence electrons. The number of hydrogen-bond acceptors (Lipinski definition) is 5. The van der Waals surface area contributed by atoms with E-state index in [-0.39, 0.29) is 12.3 Å². The number of carbonyl (C=O) groups excluding carboxylic acids is 1. The molecule has 0 fully saturated rings. The van der Waals surface area contributed by atoms with Crippen molar-refractivity contribution in [3.63, 3.8) is 0 Å². The van der Waals surface area contributed by atoms with E-state index in [9.17, 15) is 14.9 Å². The molecule has 0 aliphatic heterocycles. The minimum Gasteiger partial charge on any atom is -0.483 e. The summed E-state index contributed by atoms with van der Waals surface area (Å²) < 4.78 is 6.05. The van der Waals surface area contributed by atoms with Gasteiger partial charge in [0.1, 0.15) is 5.75 Å². The Morgan fingerprint density at radius 1 is 1.26 bits per heavy atom. The fourth-order valence-electron chi connectivity index (χ4n) is 1.67. The highest BCUT2D eigenvalue weighted by Crippen LogP contribution is 2.23. The summed E-state index contributed by atoms with van der Waals surface area (Å²) in [6, 6.07) is 13.2. The molecule has 1 N–H and O–H groups in total. The predicted octanol–water partition coefficient (Wildman–Crippen LogP) is 2.89. The first-order chi connectivity index (χ1) is 11.1. The van der Waals surface area contributed by atoms with E-state index in [1.807, 2.05) is 6.07 Å². The van der Waals surface area contributed by atoms with Gasteiger partial charge in [0, 0.05) is 6.07 Å². The first kappa shape index (κ1) is 16.6. The standard InChI is InChI=1S/C15H12BrN3O4/c16-12-6-2-4-8-14(12)23-10-15(20)18-17-9-11-5-1-3-7-13(11)19(21)22/h1-9H,10H2,(H,18,20)/b17-9+. The van der Waals surface area contributed by atoms with E-state index in [0.29, 0.717) is 11.3 Å². The van der Waals surface area contributed by atoms with Crippen molar-refractivity contribution in [1.82, 2.24) is 5.43 Å². The zero-order chi connectivity index (χ0) is 16.7. The zero-order valence-corrected chi connectivity index (χ0v) is 13.4. The molecule has 7 nitrogen and oxygen atoms in total. The van der Waals surface area contributed by atoms with Crippen LogP contribution in [0.4, 0.5) is 5.69 Å². The molecule has 0 aliphatic rings. The maximum Gasteiger partial charge on any atom is 0.278 e. The van der Waals surface area contributed by atoms with Crippen molar-refractivity contribution >= 4 is 33.7 Å². The number of hydrogen-bond donors (Lipinski definition) is 1. The third kappa shape index (κ3) is 4.89.